The van der Waals surface area contributed by atoms with E-state index in [-0.39, 0.29) is 23.1 Å². The molecule has 0 saturated heterocycles. The molecule has 1 fully saturated rings. The average molecular weight is 293 g/mol. The molecule has 0 heterocycles. The second-order valence-electron chi connectivity index (χ2n) is 5.38. The summed E-state index contributed by atoms with van der Waals surface area (Å²) < 4.78 is 14.0. The molecule has 1 N–H and O–H groups in total. The van der Waals surface area contributed by atoms with Crippen molar-refractivity contribution in [2.24, 2.45) is 0 Å². The van der Waals surface area contributed by atoms with Gasteiger partial charge in [0.25, 0.3) is 5.91 Å². The SMILES string of the molecule is CCN(C(=O)c1ccc(C(=O)O)cc1F)C1CCCCC1. The highest BCUT2D eigenvalue weighted by Crippen LogP contribution is 2.24. The van der Waals surface area contributed by atoms with Crippen LogP contribution in [0.5, 0.6) is 0 Å². The lowest BCUT2D eigenvalue weighted by molar-refractivity contribution is 0.0639. The predicted octanol–water partition coefficient (Wildman–Crippen LogP) is 3.32. The summed E-state index contributed by atoms with van der Waals surface area (Å²) >= 11 is 0. The minimum absolute atomic E-state index is 0.0487. The second kappa shape index (κ2) is 6.70. The Morgan fingerprint density at radius 2 is 1.95 bits per heavy atom. The van der Waals surface area contributed by atoms with Crippen molar-refractivity contribution < 1.29 is 19.1 Å². The number of hydrogen-bond acceptors (Lipinski definition) is 2. The lowest BCUT2D eigenvalue weighted by Crippen LogP contribution is -2.41. The Morgan fingerprint density at radius 1 is 1.29 bits per heavy atom. The van der Waals surface area contributed by atoms with Crippen molar-refractivity contribution in [3.05, 3.63) is 35.1 Å². The van der Waals surface area contributed by atoms with E-state index in [4.69, 9.17) is 5.11 Å². The van der Waals surface area contributed by atoms with Crippen molar-refractivity contribution >= 4 is 11.9 Å². The van der Waals surface area contributed by atoms with Gasteiger partial charge in [-0.15, -0.1) is 0 Å². The Morgan fingerprint density at radius 3 is 2.48 bits per heavy atom. The summed E-state index contributed by atoms with van der Waals surface area (Å²) in [5.41, 5.74) is -0.197. The molecule has 0 aliphatic heterocycles. The summed E-state index contributed by atoms with van der Waals surface area (Å²) in [6.45, 7) is 2.42. The van der Waals surface area contributed by atoms with Crippen molar-refractivity contribution in [3.8, 4) is 0 Å². The number of hydrogen-bond donors (Lipinski definition) is 1. The van der Waals surface area contributed by atoms with Crippen molar-refractivity contribution in [2.75, 3.05) is 6.54 Å². The minimum Gasteiger partial charge on any atom is -0.478 e. The third kappa shape index (κ3) is 3.40. The maximum absolute atomic E-state index is 14.0. The number of halogens is 1. The molecule has 0 unspecified atom stereocenters. The van der Waals surface area contributed by atoms with E-state index < -0.39 is 11.8 Å². The first-order valence-electron chi connectivity index (χ1n) is 7.38. The van der Waals surface area contributed by atoms with E-state index in [0.29, 0.717) is 6.54 Å². The topological polar surface area (TPSA) is 57.6 Å². The van der Waals surface area contributed by atoms with Gasteiger partial charge in [-0.1, -0.05) is 19.3 Å². The number of amides is 1. The highest BCUT2D eigenvalue weighted by Gasteiger charge is 2.26. The van der Waals surface area contributed by atoms with Crippen LogP contribution in [0.15, 0.2) is 18.2 Å². The molecule has 4 nitrogen and oxygen atoms in total. The Hall–Kier alpha value is -1.91. The number of carbonyl (C=O) groups is 2. The normalized spacial score (nSPS) is 15.7. The van der Waals surface area contributed by atoms with Crippen LogP contribution in [0.3, 0.4) is 0 Å². The number of carboxylic acids is 1. The van der Waals surface area contributed by atoms with Crippen molar-refractivity contribution in [2.45, 2.75) is 45.1 Å². The molecule has 1 aliphatic carbocycles. The quantitative estimate of drug-likeness (QED) is 0.926. The summed E-state index contributed by atoms with van der Waals surface area (Å²) in [7, 11) is 0. The van der Waals surface area contributed by atoms with Crippen LogP contribution in [0.25, 0.3) is 0 Å². The zero-order valence-electron chi connectivity index (χ0n) is 12.1. The molecule has 5 heteroatoms. The van der Waals surface area contributed by atoms with E-state index in [2.05, 4.69) is 0 Å². The van der Waals surface area contributed by atoms with Crippen LogP contribution in [-0.2, 0) is 0 Å². The van der Waals surface area contributed by atoms with E-state index in [1.807, 2.05) is 6.92 Å². The molecule has 1 amide bonds. The smallest absolute Gasteiger partial charge is 0.335 e. The highest BCUT2D eigenvalue weighted by molar-refractivity contribution is 5.96. The first kappa shape index (κ1) is 15.5. The summed E-state index contributed by atoms with van der Waals surface area (Å²) in [6.07, 6.45) is 5.27. The molecular formula is C16H20FNO3. The monoisotopic (exact) mass is 293 g/mol. The molecule has 1 saturated carbocycles. The lowest BCUT2D eigenvalue weighted by atomic mass is 9.93. The summed E-state index contributed by atoms with van der Waals surface area (Å²) in [4.78, 5) is 25.0. The Balaban J connectivity index is 2.22. The molecule has 2 rings (SSSR count). The third-order valence-electron chi connectivity index (χ3n) is 4.06. The predicted molar refractivity (Wildman–Crippen MR) is 76.9 cm³/mol. The van der Waals surface area contributed by atoms with Gasteiger partial charge < -0.3 is 10.0 Å². The maximum Gasteiger partial charge on any atom is 0.335 e. The van der Waals surface area contributed by atoms with Crippen LogP contribution >= 0.6 is 0 Å². The Kier molecular flexibility index (Phi) is 4.94. The van der Waals surface area contributed by atoms with Gasteiger partial charge in [0.2, 0.25) is 0 Å². The molecule has 114 valence electrons. The summed E-state index contributed by atoms with van der Waals surface area (Å²) in [6, 6.07) is 3.61. The number of carbonyl (C=O) groups excluding carboxylic acids is 1. The van der Waals surface area contributed by atoms with E-state index >= 15 is 0 Å². The molecule has 0 aromatic heterocycles. The molecule has 1 aromatic carbocycles. The van der Waals surface area contributed by atoms with Gasteiger partial charge >= 0.3 is 5.97 Å². The van der Waals surface area contributed by atoms with Crippen molar-refractivity contribution in [3.63, 3.8) is 0 Å². The average Bonchev–Trinajstić information content (AvgIpc) is 2.48. The molecule has 0 radical (unpaired) electrons. The van der Waals surface area contributed by atoms with Gasteiger partial charge in [-0.25, -0.2) is 9.18 Å². The van der Waals surface area contributed by atoms with E-state index in [1.54, 1.807) is 4.90 Å². The largest absolute Gasteiger partial charge is 0.478 e. The van der Waals surface area contributed by atoms with Crippen LogP contribution < -0.4 is 0 Å². The first-order valence-corrected chi connectivity index (χ1v) is 7.38. The van der Waals surface area contributed by atoms with Crippen LogP contribution in [0.2, 0.25) is 0 Å². The molecule has 21 heavy (non-hydrogen) atoms. The summed E-state index contributed by atoms with van der Waals surface area (Å²) in [5.74, 6) is -2.32. The van der Waals surface area contributed by atoms with Gasteiger partial charge in [-0.3, -0.25) is 4.79 Å². The fourth-order valence-corrected chi connectivity index (χ4v) is 2.94. The molecular weight excluding hydrogens is 273 g/mol. The van der Waals surface area contributed by atoms with Crippen LogP contribution in [0.4, 0.5) is 4.39 Å². The van der Waals surface area contributed by atoms with Gasteiger partial charge in [-0.05, 0) is 38.0 Å². The van der Waals surface area contributed by atoms with Gasteiger partial charge in [-0.2, -0.15) is 0 Å². The molecule has 1 aliphatic rings. The van der Waals surface area contributed by atoms with Crippen molar-refractivity contribution in [1.82, 2.24) is 4.90 Å². The standard InChI is InChI=1S/C16H20FNO3/c1-2-18(12-6-4-3-5-7-12)15(19)13-9-8-11(16(20)21)10-14(13)17/h8-10,12H,2-7H2,1H3,(H,20,21). The van der Waals surface area contributed by atoms with E-state index in [9.17, 15) is 14.0 Å². The van der Waals surface area contributed by atoms with Gasteiger partial charge in [0.05, 0.1) is 11.1 Å². The fourth-order valence-electron chi connectivity index (χ4n) is 2.94. The maximum atomic E-state index is 14.0. The molecule has 0 spiro atoms. The third-order valence-corrected chi connectivity index (χ3v) is 4.06. The minimum atomic E-state index is -1.20. The molecule has 0 bridgehead atoms. The number of benzene rings is 1. The summed E-state index contributed by atoms with van der Waals surface area (Å²) in [5, 5.41) is 8.84. The molecule has 1 aromatic rings. The van der Waals surface area contributed by atoms with Gasteiger partial charge in [0.15, 0.2) is 0 Å². The Bertz CT molecular complexity index is 538. The zero-order chi connectivity index (χ0) is 15.4. The van der Waals surface area contributed by atoms with Crippen LogP contribution in [0, 0.1) is 5.82 Å². The highest BCUT2D eigenvalue weighted by atomic mass is 19.1. The van der Waals surface area contributed by atoms with Crippen molar-refractivity contribution in [1.29, 1.82) is 0 Å². The van der Waals surface area contributed by atoms with E-state index in [1.165, 1.54) is 18.6 Å². The lowest BCUT2D eigenvalue weighted by Gasteiger charge is -2.33. The number of nitrogens with zero attached hydrogens (tertiary/aromatic N) is 1. The van der Waals surface area contributed by atoms with Gasteiger partial charge in [0, 0.05) is 12.6 Å². The first-order chi connectivity index (χ1) is 10.0. The number of carboxylic acid groups (broad SMARTS) is 1. The second-order valence-corrected chi connectivity index (χ2v) is 5.38. The number of aromatic carboxylic acids is 1. The van der Waals surface area contributed by atoms with Gasteiger partial charge in [0.1, 0.15) is 5.82 Å². The number of rotatable bonds is 4. The van der Waals surface area contributed by atoms with Crippen LogP contribution in [-0.4, -0.2) is 34.5 Å². The fraction of sp³-hybridized carbons (Fsp3) is 0.500. The van der Waals surface area contributed by atoms with E-state index in [0.717, 1.165) is 31.7 Å². The Labute approximate surface area is 123 Å². The molecule has 0 atom stereocenters. The zero-order valence-corrected chi connectivity index (χ0v) is 12.1. The van der Waals surface area contributed by atoms with Crippen LogP contribution in [0.1, 0.15) is 59.7 Å².